The highest BCUT2D eigenvalue weighted by molar-refractivity contribution is 5.79. The number of carbonyl (C=O) groups is 1. The van der Waals surface area contributed by atoms with Gasteiger partial charge in [0.1, 0.15) is 140 Å². The molecule has 586 valence electrons. The summed E-state index contributed by atoms with van der Waals surface area (Å²) in [5.41, 5.74) is -1.55. The highest BCUT2D eigenvalue weighted by Crippen LogP contribution is 2.76. The van der Waals surface area contributed by atoms with E-state index in [-0.39, 0.29) is 39.4 Å². The second kappa shape index (κ2) is 30.0. The molecule has 12 aliphatic rings. The van der Waals surface area contributed by atoms with Crippen molar-refractivity contribution in [2.24, 2.45) is 50.2 Å². The van der Waals surface area contributed by atoms with Crippen LogP contribution in [0.1, 0.15) is 127 Å². The largest absolute Gasteiger partial charge is 0.432 e. The van der Waals surface area contributed by atoms with Crippen LogP contribution >= 0.6 is 0 Å². The first-order chi connectivity index (χ1) is 47.9. The summed E-state index contributed by atoms with van der Waals surface area (Å²) in [5, 5.41) is 199. The number of esters is 1. The van der Waals surface area contributed by atoms with E-state index in [1.54, 1.807) is 6.92 Å². The second-order valence-corrected chi connectivity index (χ2v) is 33.3. The predicted molar refractivity (Wildman–Crippen MR) is 340 cm³/mol. The molecule has 40 atom stereocenters. The summed E-state index contributed by atoms with van der Waals surface area (Å²) in [4.78, 5) is 14.9. The number of allylic oxidation sites excluding steroid dienone is 2. The molecule has 33 nitrogen and oxygen atoms in total. The second-order valence-electron chi connectivity index (χ2n) is 33.3. The monoisotopic (exact) mass is 1470 g/mol. The maximum atomic E-state index is 14.9. The van der Waals surface area contributed by atoms with Crippen LogP contribution in [0.25, 0.3) is 0 Å². The molecular weight excluding hydrogens is 1360 g/mol. The van der Waals surface area contributed by atoms with Crippen LogP contribution in [-0.2, 0) is 71.1 Å². The molecule has 33 heteroatoms. The number of aliphatic hydroxyl groups excluding tert-OH is 18. The van der Waals surface area contributed by atoms with Gasteiger partial charge >= 0.3 is 5.97 Å². The van der Waals surface area contributed by atoms with Gasteiger partial charge in [-0.2, -0.15) is 0 Å². The zero-order chi connectivity index (χ0) is 74.2. The maximum Gasteiger partial charge on any atom is 0.315 e. The lowest BCUT2D eigenvalue weighted by Crippen LogP contribution is -2.68. The quantitative estimate of drug-likeness (QED) is 0.0393. The van der Waals surface area contributed by atoms with Gasteiger partial charge < -0.3 is 158 Å². The summed E-state index contributed by atoms with van der Waals surface area (Å²) >= 11 is 0. The molecule has 4 saturated carbocycles. The van der Waals surface area contributed by atoms with E-state index < -0.39 is 253 Å². The van der Waals surface area contributed by atoms with Crippen molar-refractivity contribution in [2.45, 2.75) is 329 Å². The van der Waals surface area contributed by atoms with E-state index in [0.717, 1.165) is 19.3 Å². The molecular formula is C69H112O33. The van der Waals surface area contributed by atoms with E-state index in [9.17, 15) is 96.7 Å². The number of fused-ring (bicyclic) bond motifs is 7. The third kappa shape index (κ3) is 13.8. The van der Waals surface area contributed by atoms with Gasteiger partial charge in [0.25, 0.3) is 0 Å². The van der Waals surface area contributed by atoms with Gasteiger partial charge in [0, 0.05) is 0 Å². The van der Waals surface area contributed by atoms with Crippen LogP contribution in [0.3, 0.4) is 0 Å². The third-order valence-electron chi connectivity index (χ3n) is 26.5. The molecule has 7 heterocycles. The summed E-state index contributed by atoms with van der Waals surface area (Å²) < 4.78 is 86.0. The molecule has 0 radical (unpaired) electrons. The zero-order valence-electron chi connectivity index (χ0n) is 59.1. The number of hydrogen-bond donors (Lipinski definition) is 18. The molecule has 0 aromatic carbocycles. The number of carbonyl (C=O) groups excluding carboxylic acids is 1. The fourth-order valence-electron chi connectivity index (χ4n) is 20.0. The zero-order valence-corrected chi connectivity index (χ0v) is 59.1. The Kier molecular flexibility index (Phi) is 23.4. The molecule has 0 spiro atoms. The van der Waals surface area contributed by atoms with Gasteiger partial charge in [0.2, 0.25) is 6.29 Å². The van der Waals surface area contributed by atoms with Gasteiger partial charge in [-0.15, -0.1) is 0 Å². The van der Waals surface area contributed by atoms with Crippen molar-refractivity contribution >= 4 is 5.97 Å². The Hall–Kier alpha value is -2.03. The normalized spacial score (nSPS) is 54.8. The van der Waals surface area contributed by atoms with Crippen LogP contribution in [0.4, 0.5) is 0 Å². The highest BCUT2D eigenvalue weighted by atomic mass is 16.8. The molecule has 7 saturated heterocycles. The summed E-state index contributed by atoms with van der Waals surface area (Å²) in [7, 11) is 0. The van der Waals surface area contributed by atoms with Crippen molar-refractivity contribution in [3.8, 4) is 0 Å². The third-order valence-corrected chi connectivity index (χ3v) is 26.5. The van der Waals surface area contributed by atoms with E-state index in [1.165, 1.54) is 12.5 Å². The van der Waals surface area contributed by atoms with E-state index in [0.29, 0.717) is 44.9 Å². The molecule has 0 aromatic rings. The minimum Gasteiger partial charge on any atom is -0.432 e. The van der Waals surface area contributed by atoms with Crippen molar-refractivity contribution in [1.82, 2.24) is 0 Å². The fraction of sp³-hybridized carbons (Fsp3) is 0.957. The molecule has 102 heavy (non-hydrogen) atoms. The molecule has 5 aliphatic carbocycles. The van der Waals surface area contributed by atoms with Crippen molar-refractivity contribution in [3.05, 3.63) is 11.6 Å². The van der Waals surface area contributed by atoms with Gasteiger partial charge in [-0.25, -0.2) is 0 Å². The van der Waals surface area contributed by atoms with E-state index in [4.69, 9.17) is 66.3 Å². The van der Waals surface area contributed by atoms with Crippen molar-refractivity contribution in [1.29, 1.82) is 0 Å². The van der Waals surface area contributed by atoms with Crippen LogP contribution in [0.5, 0.6) is 0 Å². The van der Waals surface area contributed by atoms with Crippen LogP contribution < -0.4 is 0 Å². The van der Waals surface area contributed by atoms with Gasteiger partial charge in [0.15, 0.2) is 37.7 Å². The molecule has 0 amide bonds. The average molecular weight is 1470 g/mol. The van der Waals surface area contributed by atoms with Crippen molar-refractivity contribution < 1.29 is 163 Å². The standard InChI is InChI=1S/C69H112O33/c1-26-38(74)43(79)48(84)59(92-26)101-54-45(81)42(78)32(21-70)94-62(54)99-53-34(96-56-46(82)40(76)30(72)23-89-56)25-91-58(51(53)87)100-55-50(86)52(98-57-47(83)41(77)31(73)24-90-57)33(22-71)95-61(55)97-37-13-14-66(7)35(65(37,5)6)12-15-68(9)36(66)11-10-28-29-20-64(3,4)16-18-69(29,19-17-67(28,68)8)63(88)102-60-49(85)44(80)39(75)27(2)93-60/h10,26-27,29-62,70-87H,11-25H2,1-9H3/t26-,27-,29-,30-,31+,32+,33+,34+,35-,36+,37?,38-,39-,40-,41-,42+,43+,44+,45-,46+,47+,48+,49+,50-,51+,52+,53-,54+,55+,56-,57-,58-,59-,60-,61-,62-,66-,67+,68+,69-/m0/s1. The van der Waals surface area contributed by atoms with Crippen LogP contribution in [0.2, 0.25) is 0 Å². The van der Waals surface area contributed by atoms with E-state index in [1.807, 2.05) is 0 Å². The van der Waals surface area contributed by atoms with Crippen LogP contribution in [-0.4, -0.2) is 334 Å². The van der Waals surface area contributed by atoms with E-state index >= 15 is 0 Å². The highest BCUT2D eigenvalue weighted by Gasteiger charge is 2.71. The first-order valence-electron chi connectivity index (χ1n) is 36.3. The Morgan fingerprint density at radius 1 is 0.451 bits per heavy atom. The molecule has 1 unspecified atom stereocenters. The Morgan fingerprint density at radius 3 is 1.59 bits per heavy atom. The first-order valence-corrected chi connectivity index (χ1v) is 36.3. The Labute approximate surface area is 591 Å². The molecule has 18 N–H and O–H groups in total. The summed E-state index contributed by atoms with van der Waals surface area (Å²) in [6.45, 7) is 15.1. The minimum atomic E-state index is -2.17. The number of rotatable bonds is 16. The summed E-state index contributed by atoms with van der Waals surface area (Å²) in [6.07, 6.45) is -47.2. The SMILES string of the molecule is C[C@@H]1O[C@@H](OC(=O)[C@]23CCC(C)(C)C[C@H]2C2=CC[C@@H]4[C@@]5(C)CCC(O[C@@H]6O[C@H](CO)[C@@H](O[C@@H]7OC[C@@H](O)[C@H](O)[C@H]7O)[C@H](O)[C@H]6O[C@@H]6OC[C@@H](O[C@@H]7OC[C@H](O)[C@H](O)[C@H]7O)[C@H](O[C@@H]7O[C@H](CO)[C@@H](O)[C@H](O)[C@H]7O[C@@H]7O[C@@H](C)[C@H](O)[C@@H](O)[C@H]7O)[C@H]6O)C(C)(C)[C@@H]5CC[C@@]4(C)[C@]2(C)CC3)[C@H](O)[C@H](O)[C@H]1O. The van der Waals surface area contributed by atoms with Crippen molar-refractivity contribution in [2.75, 3.05) is 33.0 Å². The lowest BCUT2D eigenvalue weighted by Gasteiger charge is -2.71. The van der Waals surface area contributed by atoms with Crippen molar-refractivity contribution in [3.63, 3.8) is 0 Å². The van der Waals surface area contributed by atoms with Crippen LogP contribution in [0, 0.1) is 50.2 Å². The first kappa shape index (κ1) is 79.5. The van der Waals surface area contributed by atoms with Gasteiger partial charge in [0.05, 0.1) is 56.8 Å². The number of aliphatic hydroxyl groups is 18. The summed E-state index contributed by atoms with van der Waals surface area (Å²) in [5.74, 6) is -0.611. The van der Waals surface area contributed by atoms with E-state index in [2.05, 4.69) is 54.5 Å². The Balaban J connectivity index is 0.832. The van der Waals surface area contributed by atoms with Gasteiger partial charge in [-0.3, -0.25) is 4.79 Å². The Morgan fingerprint density at radius 2 is 0.961 bits per heavy atom. The van der Waals surface area contributed by atoms with Gasteiger partial charge in [-0.05, 0) is 123 Å². The summed E-state index contributed by atoms with van der Waals surface area (Å²) in [6, 6.07) is 0. The smallest absolute Gasteiger partial charge is 0.315 e. The predicted octanol–water partition coefficient (Wildman–Crippen LogP) is -4.59. The fourth-order valence-corrected chi connectivity index (χ4v) is 20.0. The molecule has 11 fully saturated rings. The Bertz CT molecular complexity index is 2900. The topological polar surface area (TPSA) is 510 Å². The maximum absolute atomic E-state index is 14.9. The number of hydrogen-bond acceptors (Lipinski definition) is 33. The lowest BCUT2D eigenvalue weighted by atomic mass is 9.33. The molecule has 0 aromatic heterocycles. The van der Waals surface area contributed by atoms with Crippen LogP contribution in [0.15, 0.2) is 11.6 Å². The average Bonchev–Trinajstić information content (AvgIpc) is 0.677. The molecule has 12 rings (SSSR count). The molecule has 0 bridgehead atoms. The molecule has 7 aliphatic heterocycles. The number of ether oxygens (including phenoxy) is 14. The lowest BCUT2D eigenvalue weighted by molar-refractivity contribution is -0.406. The van der Waals surface area contributed by atoms with Gasteiger partial charge in [-0.1, -0.05) is 60.1 Å². The minimum absolute atomic E-state index is 0.0311.